The van der Waals surface area contributed by atoms with Crippen LogP contribution in [0.4, 0.5) is 17.6 Å². The second-order valence-electron chi connectivity index (χ2n) is 10.1. The zero-order chi connectivity index (χ0) is 26.2. The zero-order valence-electron chi connectivity index (χ0n) is 22.1. The number of anilines is 3. The van der Waals surface area contributed by atoms with Crippen LogP contribution in [0.1, 0.15) is 49.5 Å². The van der Waals surface area contributed by atoms with Crippen molar-refractivity contribution in [1.29, 1.82) is 0 Å². The van der Waals surface area contributed by atoms with Crippen molar-refractivity contribution in [3.8, 4) is 11.4 Å². The van der Waals surface area contributed by atoms with Crippen LogP contribution in [0.3, 0.4) is 0 Å². The summed E-state index contributed by atoms with van der Waals surface area (Å²) in [6, 6.07) is 4.13. The summed E-state index contributed by atoms with van der Waals surface area (Å²) in [5, 5.41) is 18.8. The van der Waals surface area contributed by atoms with E-state index in [-0.39, 0.29) is 18.9 Å². The second-order valence-corrected chi connectivity index (χ2v) is 10.1. The predicted octanol–water partition coefficient (Wildman–Crippen LogP) is 4.04. The summed E-state index contributed by atoms with van der Waals surface area (Å²) in [6.45, 7) is 5.74. The Morgan fingerprint density at radius 2 is 2.05 bits per heavy atom. The van der Waals surface area contributed by atoms with Gasteiger partial charge in [-0.1, -0.05) is 0 Å². The standard InChI is InChI=1S/C27H34N8O3/c1-17-11-20(12-22(37-3)18(17)2)33-14-23(28-16-33)30-27-31-25(34-9-6-7-19(34)15-36)21-13-29-35(26(21)32-27)24-8-4-5-10-38-24/h11-14,16,19,24,36H,4-10,15H2,1-3H3,(H,30,31,32)/t19-,24?/m0/s1. The van der Waals surface area contributed by atoms with Crippen molar-refractivity contribution in [3.63, 3.8) is 0 Å². The summed E-state index contributed by atoms with van der Waals surface area (Å²) in [7, 11) is 1.68. The van der Waals surface area contributed by atoms with E-state index in [2.05, 4.69) is 40.2 Å². The van der Waals surface area contributed by atoms with Gasteiger partial charge in [-0.2, -0.15) is 15.1 Å². The van der Waals surface area contributed by atoms with Crippen LogP contribution in [0.15, 0.2) is 30.9 Å². The summed E-state index contributed by atoms with van der Waals surface area (Å²) >= 11 is 0. The molecule has 3 aromatic heterocycles. The zero-order valence-corrected chi connectivity index (χ0v) is 22.1. The number of fused-ring (bicyclic) bond motifs is 1. The Balaban J connectivity index is 1.37. The number of imidazole rings is 1. The molecule has 0 amide bonds. The summed E-state index contributed by atoms with van der Waals surface area (Å²) in [5.74, 6) is 2.66. The fourth-order valence-electron chi connectivity index (χ4n) is 5.43. The fraction of sp³-hybridized carbons (Fsp3) is 0.481. The molecule has 2 N–H and O–H groups in total. The van der Waals surface area contributed by atoms with Crippen LogP contribution in [-0.2, 0) is 4.74 Å². The van der Waals surface area contributed by atoms with Gasteiger partial charge in [-0.3, -0.25) is 0 Å². The van der Waals surface area contributed by atoms with Crippen molar-refractivity contribution < 1.29 is 14.6 Å². The summed E-state index contributed by atoms with van der Waals surface area (Å²) < 4.78 is 15.4. The third-order valence-corrected chi connectivity index (χ3v) is 7.67. The van der Waals surface area contributed by atoms with Gasteiger partial charge in [0, 0.05) is 19.2 Å². The number of hydrogen-bond donors (Lipinski definition) is 2. The van der Waals surface area contributed by atoms with Gasteiger partial charge in [0.25, 0.3) is 0 Å². The van der Waals surface area contributed by atoms with Crippen molar-refractivity contribution in [2.75, 3.05) is 37.1 Å². The number of nitrogens with one attached hydrogen (secondary N) is 1. The van der Waals surface area contributed by atoms with Gasteiger partial charge >= 0.3 is 0 Å². The van der Waals surface area contributed by atoms with Gasteiger partial charge in [0.15, 0.2) is 17.7 Å². The highest BCUT2D eigenvalue weighted by atomic mass is 16.5. The molecule has 2 saturated heterocycles. The molecule has 11 nitrogen and oxygen atoms in total. The first-order valence-corrected chi connectivity index (χ1v) is 13.3. The smallest absolute Gasteiger partial charge is 0.232 e. The van der Waals surface area contributed by atoms with E-state index >= 15 is 0 Å². The molecule has 6 rings (SSSR count). The first kappa shape index (κ1) is 24.6. The molecule has 2 aliphatic rings. The van der Waals surface area contributed by atoms with E-state index in [1.165, 1.54) is 0 Å². The lowest BCUT2D eigenvalue weighted by molar-refractivity contribution is -0.0370. The van der Waals surface area contributed by atoms with E-state index < -0.39 is 0 Å². The molecular weight excluding hydrogens is 484 g/mol. The van der Waals surface area contributed by atoms with Crippen molar-refractivity contribution in [1.82, 2.24) is 29.3 Å². The molecule has 1 unspecified atom stereocenters. The Hall–Kier alpha value is -3.70. The normalized spacial score (nSPS) is 19.8. The number of aliphatic hydroxyl groups is 1. The topological polar surface area (TPSA) is 115 Å². The molecule has 11 heteroatoms. The molecule has 0 spiro atoms. The highest BCUT2D eigenvalue weighted by molar-refractivity contribution is 5.88. The number of aryl methyl sites for hydroxylation is 1. The van der Waals surface area contributed by atoms with Crippen molar-refractivity contribution in [3.05, 3.63) is 42.0 Å². The number of nitrogens with zero attached hydrogens (tertiary/aromatic N) is 7. The average Bonchev–Trinajstić information content (AvgIpc) is 3.70. The number of aliphatic hydroxyl groups excluding tert-OH is 1. The third kappa shape index (κ3) is 4.45. The summed E-state index contributed by atoms with van der Waals surface area (Å²) in [6.07, 6.45) is 10.3. The molecule has 0 radical (unpaired) electrons. The van der Waals surface area contributed by atoms with Crippen LogP contribution in [0.5, 0.6) is 5.75 Å². The largest absolute Gasteiger partial charge is 0.496 e. The first-order chi connectivity index (χ1) is 18.6. The van der Waals surface area contributed by atoms with Gasteiger partial charge in [0.2, 0.25) is 5.95 Å². The third-order valence-electron chi connectivity index (χ3n) is 7.67. The Kier molecular flexibility index (Phi) is 6.62. The van der Waals surface area contributed by atoms with Crippen LogP contribution >= 0.6 is 0 Å². The molecule has 2 atom stereocenters. The monoisotopic (exact) mass is 518 g/mol. The molecular formula is C27H34N8O3. The molecule has 200 valence electrons. The minimum atomic E-state index is -0.150. The van der Waals surface area contributed by atoms with Crippen LogP contribution in [0.2, 0.25) is 0 Å². The van der Waals surface area contributed by atoms with Gasteiger partial charge in [0.05, 0.1) is 43.2 Å². The number of aromatic nitrogens is 6. The van der Waals surface area contributed by atoms with Crippen LogP contribution in [0, 0.1) is 13.8 Å². The van der Waals surface area contributed by atoms with E-state index in [1.54, 1.807) is 13.4 Å². The Morgan fingerprint density at radius 1 is 1.16 bits per heavy atom. The molecule has 2 aliphatic heterocycles. The molecule has 38 heavy (non-hydrogen) atoms. The maximum absolute atomic E-state index is 10.0. The van der Waals surface area contributed by atoms with E-state index in [4.69, 9.17) is 19.4 Å². The Bertz CT molecular complexity index is 1440. The van der Waals surface area contributed by atoms with Gasteiger partial charge in [-0.25, -0.2) is 9.67 Å². The molecule has 0 aliphatic carbocycles. The minimum Gasteiger partial charge on any atom is -0.496 e. The number of methoxy groups -OCH3 is 1. The number of ether oxygens (including phenoxy) is 2. The molecule has 0 bridgehead atoms. The van der Waals surface area contributed by atoms with Crippen molar-refractivity contribution >= 4 is 28.6 Å². The Morgan fingerprint density at radius 3 is 2.84 bits per heavy atom. The summed E-state index contributed by atoms with van der Waals surface area (Å²) in [4.78, 5) is 16.5. The minimum absolute atomic E-state index is 0.0224. The van der Waals surface area contributed by atoms with Crippen molar-refractivity contribution in [2.45, 2.75) is 58.2 Å². The Labute approximate surface area is 221 Å². The van der Waals surface area contributed by atoms with Crippen LogP contribution in [0.25, 0.3) is 16.7 Å². The maximum Gasteiger partial charge on any atom is 0.232 e. The quantitative estimate of drug-likeness (QED) is 0.374. The van der Waals surface area contributed by atoms with Crippen molar-refractivity contribution in [2.24, 2.45) is 0 Å². The highest BCUT2D eigenvalue weighted by Gasteiger charge is 2.29. The molecule has 4 aromatic rings. The molecule has 5 heterocycles. The van der Waals surface area contributed by atoms with E-state index in [0.717, 1.165) is 72.4 Å². The second kappa shape index (κ2) is 10.2. The van der Waals surface area contributed by atoms with E-state index in [0.29, 0.717) is 24.0 Å². The molecule has 2 fully saturated rings. The SMILES string of the molecule is COc1cc(-n2cnc(Nc3nc(N4CCC[C@H]4CO)c4cnn(C5CCCCO5)c4n3)c2)cc(C)c1C. The fourth-order valence-corrected chi connectivity index (χ4v) is 5.43. The number of hydrogen-bond acceptors (Lipinski definition) is 9. The predicted molar refractivity (Wildman–Crippen MR) is 144 cm³/mol. The highest BCUT2D eigenvalue weighted by Crippen LogP contribution is 2.34. The van der Waals surface area contributed by atoms with Crippen LogP contribution in [-0.4, -0.2) is 67.3 Å². The lowest BCUT2D eigenvalue weighted by atomic mass is 10.1. The van der Waals surface area contributed by atoms with Gasteiger partial charge in [-0.05, 0) is 63.1 Å². The van der Waals surface area contributed by atoms with Gasteiger partial charge < -0.3 is 29.4 Å². The van der Waals surface area contributed by atoms with Crippen LogP contribution < -0.4 is 15.0 Å². The van der Waals surface area contributed by atoms with E-state index in [9.17, 15) is 5.11 Å². The van der Waals surface area contributed by atoms with Gasteiger partial charge in [0.1, 0.15) is 17.9 Å². The maximum atomic E-state index is 10.0. The van der Waals surface area contributed by atoms with Gasteiger partial charge in [-0.15, -0.1) is 0 Å². The average molecular weight is 519 g/mol. The number of rotatable bonds is 7. The molecule has 0 saturated carbocycles. The lowest BCUT2D eigenvalue weighted by Gasteiger charge is -2.26. The summed E-state index contributed by atoms with van der Waals surface area (Å²) in [5.41, 5.74) is 3.93. The lowest BCUT2D eigenvalue weighted by Crippen LogP contribution is -2.33. The van der Waals surface area contributed by atoms with E-state index in [1.807, 2.05) is 27.7 Å². The molecule has 1 aromatic carbocycles. The first-order valence-electron chi connectivity index (χ1n) is 13.3. The number of benzene rings is 1.